The summed E-state index contributed by atoms with van der Waals surface area (Å²) >= 11 is 0. The van der Waals surface area contributed by atoms with Gasteiger partial charge in [-0.3, -0.25) is 0 Å². The summed E-state index contributed by atoms with van der Waals surface area (Å²) in [5.74, 6) is 0. The normalized spacial score (nSPS) is 1.72. The minimum atomic E-state index is -1.75. The Labute approximate surface area is 179 Å². The number of hydrogen-bond donors (Lipinski definition) is 7. The molecule has 0 aromatic carbocycles. The number of nitrogens with zero attached hydrogens (tertiary/aromatic N) is 9. The Balaban J connectivity index is -0.00000000365. The van der Waals surface area contributed by atoms with Crippen molar-refractivity contribution in [2.75, 3.05) is 0 Å². The summed E-state index contributed by atoms with van der Waals surface area (Å²) in [6.07, 6.45) is 0. The van der Waals surface area contributed by atoms with Gasteiger partial charge in [-0.05, 0) is 0 Å². The van der Waals surface area contributed by atoms with E-state index in [-0.39, 0.29) is 60.1 Å². The van der Waals surface area contributed by atoms with Crippen LogP contribution in [0.2, 0.25) is 0 Å². The van der Waals surface area contributed by atoms with Gasteiger partial charge in [0, 0.05) is 0 Å². The Kier molecular flexibility index (Phi) is 185000. The molecule has 0 saturated carbocycles. The maximum absolute atomic E-state index is 8.25. The first-order chi connectivity index (χ1) is 10.1. The van der Waals surface area contributed by atoms with Crippen molar-refractivity contribution in [2.45, 2.75) is 0 Å². The first-order valence-corrected chi connectivity index (χ1v) is 2.48. The summed E-state index contributed by atoms with van der Waals surface area (Å²) in [6.45, 7) is 33.2. The molecule has 0 fully saturated rings. The van der Waals surface area contributed by atoms with Gasteiger partial charge in [-0.2, -0.15) is 0 Å². The fourth-order valence-corrected chi connectivity index (χ4v) is 0. The van der Waals surface area contributed by atoms with E-state index in [1.165, 1.54) is 0 Å². The zero-order valence-electron chi connectivity index (χ0n) is 16.9. The third-order valence-electron chi connectivity index (χ3n) is 0. The van der Waals surface area contributed by atoms with E-state index in [1.54, 1.807) is 0 Å². The van der Waals surface area contributed by atoms with E-state index in [4.69, 9.17) is 108 Å². The van der Waals surface area contributed by atoms with Crippen molar-refractivity contribution in [1.29, 1.82) is 36.8 Å². The summed E-state index contributed by atoms with van der Waals surface area (Å²) < 4.78 is 0. The molecule has 0 saturated heterocycles. The van der Waals surface area contributed by atoms with Gasteiger partial charge < -0.3 is 151 Å². The van der Waals surface area contributed by atoms with Gasteiger partial charge in [0.15, 0.2) is 0 Å². The average Bonchev–Trinajstić information content (AvgIpc) is 2.60. The molecule has 0 bridgehead atoms. The summed E-state index contributed by atoms with van der Waals surface area (Å²) in [6, 6.07) is 0. The molecular weight excluding hydrogens is 444 g/mol. The Morgan fingerprint density at radius 2 is 0.517 bits per heavy atom. The maximum Gasteiger partial charge on any atom is 2.00 e. The van der Waals surface area contributed by atoms with Gasteiger partial charge in [-0.15, -0.1) is 5.34 Å². The molecule has 174 valence electrons. The van der Waals surface area contributed by atoms with Crippen LogP contribution in [-0.4, -0.2) is 5.09 Å². The predicted molar refractivity (Wildman–Crippen MR) is 96.2 cm³/mol. The molecule has 0 aromatic rings. The molecule has 0 aliphatic carbocycles. The molecule has 28 N–H and O–H groups in total. The standard InChI is InChI=1S/7CN.Fe.NO3.HNO2.7H3N/c7*1-2;;2-1(3)4;2-1-3;;;;;;;/h;;;;;;;;;(H,2,3);7*1H3/q7*-1;+2;-1;;;;;;;;/p+6. The van der Waals surface area contributed by atoms with Crippen LogP contribution >= 0.6 is 0 Å². The van der Waals surface area contributed by atoms with E-state index in [1.807, 2.05) is 0 Å². The zero-order valence-corrected chi connectivity index (χ0v) is 18.0. The van der Waals surface area contributed by atoms with Crippen LogP contribution in [0.1, 0.15) is 0 Å². The Bertz CT molecular complexity index is 238. The van der Waals surface area contributed by atoms with E-state index in [2.05, 4.69) is 0 Å². The van der Waals surface area contributed by atoms with Gasteiger partial charge >= 0.3 is 17.1 Å². The summed E-state index contributed by atoms with van der Waals surface area (Å²) in [5, 5.41) is 67.5. The van der Waals surface area contributed by atoms with Crippen LogP contribution in [0.25, 0.3) is 0 Å². The van der Waals surface area contributed by atoms with E-state index >= 15 is 0 Å². The minimum Gasteiger partial charge on any atom is -0.512 e. The third kappa shape index (κ3) is 470. The monoisotopic (exact) mass is 472 g/mol. The molecular formula is C7H28FeN16O5. The fourth-order valence-electron chi connectivity index (χ4n) is 0. The largest absolute Gasteiger partial charge is 2.00 e. The Morgan fingerprint density at radius 1 is 0.517 bits per heavy atom. The fraction of sp³-hybridized carbons (Fsp3) is 0. The Hall–Kier alpha value is -4.73. The van der Waals surface area contributed by atoms with Crippen LogP contribution in [0, 0.1) is 108 Å². The SMILES string of the molecule is O=N[O-].O=[N+]([O-])[O-].[C-]#N.[C-]#N.[C-]#N.[C-]#N.[C-]#N.[C-]#N.[C-]#N.[Fe+2].[NH4+].[NH4+].[NH4+].[NH4+].[NH4+].[NH4+].[NH4+]. The summed E-state index contributed by atoms with van der Waals surface area (Å²) in [4.78, 5) is 16.2. The second-order valence-corrected chi connectivity index (χ2v) is 0.298. The molecule has 29 heavy (non-hydrogen) atoms. The smallest absolute Gasteiger partial charge is 0.512 e. The van der Waals surface area contributed by atoms with Crippen molar-refractivity contribution in [3.05, 3.63) is 71.4 Å². The van der Waals surface area contributed by atoms with E-state index in [0.29, 0.717) is 0 Å². The van der Waals surface area contributed by atoms with Crippen molar-refractivity contribution in [1.82, 2.24) is 43.1 Å². The van der Waals surface area contributed by atoms with Crippen LogP contribution < -0.4 is 43.1 Å². The minimum absolute atomic E-state index is 0. The van der Waals surface area contributed by atoms with Gasteiger partial charge in [0.25, 0.3) is 0 Å². The molecule has 0 aliphatic heterocycles. The van der Waals surface area contributed by atoms with Crippen LogP contribution in [0.3, 0.4) is 0 Å². The van der Waals surface area contributed by atoms with E-state index in [0.717, 1.165) is 5.34 Å². The quantitative estimate of drug-likeness (QED) is 0.0876. The van der Waals surface area contributed by atoms with E-state index in [9.17, 15) is 0 Å². The first-order valence-electron chi connectivity index (χ1n) is 2.48. The average molecular weight is 472 g/mol. The van der Waals surface area contributed by atoms with E-state index < -0.39 is 5.09 Å². The van der Waals surface area contributed by atoms with Crippen LogP contribution in [0.5, 0.6) is 0 Å². The molecule has 0 aromatic heterocycles. The molecule has 0 rings (SSSR count). The molecule has 0 atom stereocenters. The number of hydrogen-bond acceptors (Lipinski definition) is 13. The molecule has 22 heteroatoms. The summed E-state index contributed by atoms with van der Waals surface area (Å²) in [5.41, 5.74) is 0. The Morgan fingerprint density at radius 3 is 0.517 bits per heavy atom. The zero-order chi connectivity index (χ0) is 20.3. The van der Waals surface area contributed by atoms with Crippen LogP contribution in [0.4, 0.5) is 0 Å². The van der Waals surface area contributed by atoms with Crippen molar-refractivity contribution >= 4 is 0 Å². The molecule has 0 amide bonds. The van der Waals surface area contributed by atoms with Crippen LogP contribution in [0.15, 0.2) is 5.34 Å². The predicted octanol–water partition coefficient (Wildman–Crippen LogP) is 3.32. The van der Waals surface area contributed by atoms with Gasteiger partial charge in [0.05, 0.1) is 5.09 Å². The molecule has 21 nitrogen and oxygen atoms in total. The molecule has 0 unspecified atom stereocenters. The maximum atomic E-state index is 8.25. The molecule has 0 aliphatic rings. The first kappa shape index (κ1) is 249. The number of rotatable bonds is 0. The number of quaternary nitrogens is 7. The van der Waals surface area contributed by atoms with Crippen molar-refractivity contribution < 1.29 is 22.2 Å². The second-order valence-electron chi connectivity index (χ2n) is 0.298. The van der Waals surface area contributed by atoms with Crippen molar-refractivity contribution in [2.24, 2.45) is 5.34 Å². The van der Waals surface area contributed by atoms with Crippen molar-refractivity contribution in [3.8, 4) is 0 Å². The molecule has 0 radical (unpaired) electrons. The third-order valence-corrected chi connectivity index (χ3v) is 0. The van der Waals surface area contributed by atoms with Crippen molar-refractivity contribution in [3.63, 3.8) is 0 Å². The van der Waals surface area contributed by atoms with Crippen LogP contribution in [-0.2, 0) is 17.1 Å². The molecule has 0 spiro atoms. The van der Waals surface area contributed by atoms with Gasteiger partial charge in [-0.25, -0.2) is 0 Å². The molecule has 0 heterocycles. The second kappa shape index (κ2) is 21600. The van der Waals surface area contributed by atoms with Gasteiger partial charge in [0.1, 0.15) is 0 Å². The van der Waals surface area contributed by atoms with Gasteiger partial charge in [-0.1, -0.05) is 0 Å². The topological polar surface area (TPSA) is 541 Å². The summed E-state index contributed by atoms with van der Waals surface area (Å²) in [7, 11) is 0. The van der Waals surface area contributed by atoms with Gasteiger partial charge in [0.2, 0.25) is 0 Å².